The van der Waals surface area contributed by atoms with Gasteiger partial charge in [-0.3, -0.25) is 4.79 Å². The molecule has 1 aliphatic rings. The van der Waals surface area contributed by atoms with Crippen molar-refractivity contribution in [1.29, 1.82) is 0 Å². The van der Waals surface area contributed by atoms with Gasteiger partial charge in [-0.1, -0.05) is 23.7 Å². The molecule has 1 saturated carbocycles. The Labute approximate surface area is 99.8 Å². The second-order valence-electron chi connectivity index (χ2n) is 4.57. The van der Waals surface area contributed by atoms with E-state index in [1.807, 2.05) is 12.1 Å². The fraction of sp³-hybridized carbons (Fsp3) is 0.417. The van der Waals surface area contributed by atoms with Crippen LogP contribution in [-0.4, -0.2) is 11.4 Å². The molecule has 1 fully saturated rings. The van der Waals surface area contributed by atoms with Gasteiger partial charge in [-0.2, -0.15) is 0 Å². The smallest absolute Gasteiger partial charge is 0.225 e. The average Bonchev–Trinajstić information content (AvgIpc) is 2.95. The Kier molecular flexibility index (Phi) is 2.91. The summed E-state index contributed by atoms with van der Waals surface area (Å²) in [5, 5.41) is 0.654. The first-order valence-electron chi connectivity index (χ1n) is 5.34. The number of rotatable bonds is 4. The molecule has 2 rings (SSSR count). The number of amides is 1. The van der Waals surface area contributed by atoms with Crippen molar-refractivity contribution in [2.45, 2.75) is 30.7 Å². The number of carbonyl (C=O) groups is 1. The van der Waals surface area contributed by atoms with Gasteiger partial charge in [0.25, 0.3) is 0 Å². The SMILES string of the molecule is NC(=O)C(CC1(N)CC1)c1ccc(Cl)cc1. The normalized spacial score (nSPS) is 19.1. The Morgan fingerprint density at radius 2 is 1.94 bits per heavy atom. The van der Waals surface area contributed by atoms with Crippen LogP contribution < -0.4 is 11.5 Å². The fourth-order valence-electron chi connectivity index (χ4n) is 1.85. The summed E-state index contributed by atoms with van der Waals surface area (Å²) in [5.41, 5.74) is 12.1. The van der Waals surface area contributed by atoms with Gasteiger partial charge in [-0.25, -0.2) is 0 Å². The van der Waals surface area contributed by atoms with Gasteiger partial charge in [-0.15, -0.1) is 0 Å². The van der Waals surface area contributed by atoms with Crippen molar-refractivity contribution in [2.24, 2.45) is 11.5 Å². The summed E-state index contributed by atoms with van der Waals surface area (Å²) in [6.07, 6.45) is 2.58. The Hall–Kier alpha value is -1.06. The van der Waals surface area contributed by atoms with Gasteiger partial charge in [0.15, 0.2) is 0 Å². The number of nitrogens with two attached hydrogens (primary N) is 2. The molecule has 0 spiro atoms. The van der Waals surface area contributed by atoms with Crippen LogP contribution in [0.4, 0.5) is 0 Å². The summed E-state index contributed by atoms with van der Waals surface area (Å²) in [6.45, 7) is 0. The number of halogens is 1. The van der Waals surface area contributed by atoms with E-state index in [4.69, 9.17) is 23.1 Å². The van der Waals surface area contributed by atoms with Crippen LogP contribution in [0.1, 0.15) is 30.7 Å². The highest BCUT2D eigenvalue weighted by Crippen LogP contribution is 2.41. The van der Waals surface area contributed by atoms with Gasteiger partial charge in [0.1, 0.15) is 0 Å². The molecule has 0 saturated heterocycles. The van der Waals surface area contributed by atoms with Crippen LogP contribution in [0.15, 0.2) is 24.3 Å². The number of hydrogen-bond donors (Lipinski definition) is 2. The number of benzene rings is 1. The molecule has 0 aromatic heterocycles. The Morgan fingerprint density at radius 3 is 2.38 bits per heavy atom. The Bertz CT molecular complexity index is 398. The van der Waals surface area contributed by atoms with Crippen molar-refractivity contribution in [1.82, 2.24) is 0 Å². The van der Waals surface area contributed by atoms with E-state index in [2.05, 4.69) is 0 Å². The van der Waals surface area contributed by atoms with Crippen LogP contribution in [0.25, 0.3) is 0 Å². The van der Waals surface area contributed by atoms with Gasteiger partial charge in [-0.05, 0) is 37.0 Å². The van der Waals surface area contributed by atoms with E-state index in [0.717, 1.165) is 18.4 Å². The van der Waals surface area contributed by atoms with Crippen LogP contribution in [0.3, 0.4) is 0 Å². The molecular formula is C12H15ClN2O. The third-order valence-corrected chi connectivity index (χ3v) is 3.37. The quantitative estimate of drug-likeness (QED) is 0.840. The molecule has 4 heteroatoms. The molecule has 0 aliphatic heterocycles. The zero-order valence-electron chi connectivity index (χ0n) is 8.95. The van der Waals surface area contributed by atoms with E-state index < -0.39 is 0 Å². The molecule has 4 N–H and O–H groups in total. The molecule has 3 nitrogen and oxygen atoms in total. The predicted octanol–water partition coefficient (Wildman–Crippen LogP) is 1.79. The van der Waals surface area contributed by atoms with E-state index in [0.29, 0.717) is 11.4 Å². The van der Waals surface area contributed by atoms with Gasteiger partial charge >= 0.3 is 0 Å². The maximum absolute atomic E-state index is 11.4. The molecule has 1 aromatic rings. The lowest BCUT2D eigenvalue weighted by atomic mass is 9.90. The van der Waals surface area contributed by atoms with E-state index in [-0.39, 0.29) is 17.4 Å². The van der Waals surface area contributed by atoms with Gasteiger partial charge in [0, 0.05) is 10.6 Å². The highest BCUT2D eigenvalue weighted by atomic mass is 35.5. The number of carbonyl (C=O) groups excluding carboxylic acids is 1. The van der Waals surface area contributed by atoms with Crippen molar-refractivity contribution in [3.8, 4) is 0 Å². The highest BCUT2D eigenvalue weighted by Gasteiger charge is 2.41. The predicted molar refractivity (Wildman–Crippen MR) is 64.2 cm³/mol. The zero-order valence-corrected chi connectivity index (χ0v) is 9.70. The molecule has 0 heterocycles. The van der Waals surface area contributed by atoms with Crippen LogP contribution in [-0.2, 0) is 4.79 Å². The molecular weight excluding hydrogens is 224 g/mol. The van der Waals surface area contributed by atoms with Crippen molar-refractivity contribution >= 4 is 17.5 Å². The van der Waals surface area contributed by atoms with E-state index in [9.17, 15) is 4.79 Å². The first-order valence-corrected chi connectivity index (χ1v) is 5.72. The van der Waals surface area contributed by atoms with Crippen molar-refractivity contribution in [3.63, 3.8) is 0 Å². The summed E-state index contributed by atoms with van der Waals surface area (Å²) in [5.74, 6) is -0.621. The molecule has 1 aromatic carbocycles. The first kappa shape index (κ1) is 11.4. The van der Waals surface area contributed by atoms with E-state index >= 15 is 0 Å². The minimum absolute atomic E-state index is 0.181. The molecule has 1 unspecified atom stereocenters. The van der Waals surface area contributed by atoms with Gasteiger partial charge in [0.2, 0.25) is 5.91 Å². The Morgan fingerprint density at radius 1 is 1.38 bits per heavy atom. The van der Waals surface area contributed by atoms with Crippen LogP contribution >= 0.6 is 11.6 Å². The highest BCUT2D eigenvalue weighted by molar-refractivity contribution is 6.30. The lowest BCUT2D eigenvalue weighted by Crippen LogP contribution is -2.31. The monoisotopic (exact) mass is 238 g/mol. The van der Waals surface area contributed by atoms with E-state index in [1.165, 1.54) is 0 Å². The lowest BCUT2D eigenvalue weighted by Gasteiger charge is -2.17. The van der Waals surface area contributed by atoms with Crippen molar-refractivity contribution in [3.05, 3.63) is 34.9 Å². The fourth-order valence-corrected chi connectivity index (χ4v) is 1.97. The van der Waals surface area contributed by atoms with E-state index in [1.54, 1.807) is 12.1 Å². The zero-order chi connectivity index (χ0) is 11.8. The summed E-state index contributed by atoms with van der Waals surface area (Å²) in [4.78, 5) is 11.4. The molecule has 0 radical (unpaired) electrons. The standard InChI is InChI=1S/C12H15ClN2O/c13-9-3-1-8(2-4-9)10(11(14)16)7-12(15)5-6-12/h1-4,10H,5-7,15H2,(H2,14,16). The van der Waals surface area contributed by atoms with Crippen LogP contribution in [0.5, 0.6) is 0 Å². The molecule has 1 atom stereocenters. The van der Waals surface area contributed by atoms with Crippen molar-refractivity contribution < 1.29 is 4.79 Å². The number of hydrogen-bond acceptors (Lipinski definition) is 2. The Balaban J connectivity index is 2.18. The summed E-state index contributed by atoms with van der Waals surface area (Å²) >= 11 is 5.80. The summed E-state index contributed by atoms with van der Waals surface area (Å²) in [7, 11) is 0. The van der Waals surface area contributed by atoms with Crippen molar-refractivity contribution in [2.75, 3.05) is 0 Å². The maximum atomic E-state index is 11.4. The summed E-state index contributed by atoms with van der Waals surface area (Å²) < 4.78 is 0. The average molecular weight is 239 g/mol. The molecule has 0 bridgehead atoms. The lowest BCUT2D eigenvalue weighted by molar-refractivity contribution is -0.119. The third kappa shape index (κ3) is 2.54. The minimum atomic E-state index is -0.320. The van der Waals surface area contributed by atoms with Gasteiger partial charge in [0.05, 0.1) is 5.92 Å². The third-order valence-electron chi connectivity index (χ3n) is 3.12. The molecule has 1 aliphatic carbocycles. The minimum Gasteiger partial charge on any atom is -0.369 e. The van der Waals surface area contributed by atoms with Crippen LogP contribution in [0.2, 0.25) is 5.02 Å². The molecule has 86 valence electrons. The number of primary amides is 1. The second kappa shape index (κ2) is 4.07. The van der Waals surface area contributed by atoms with Gasteiger partial charge < -0.3 is 11.5 Å². The second-order valence-corrected chi connectivity index (χ2v) is 5.01. The summed E-state index contributed by atoms with van der Waals surface area (Å²) in [6, 6.07) is 7.21. The largest absolute Gasteiger partial charge is 0.369 e. The van der Waals surface area contributed by atoms with Crippen LogP contribution in [0, 0.1) is 0 Å². The molecule has 16 heavy (non-hydrogen) atoms. The topological polar surface area (TPSA) is 69.1 Å². The maximum Gasteiger partial charge on any atom is 0.225 e. The molecule has 1 amide bonds. The first-order chi connectivity index (χ1) is 7.50.